The van der Waals surface area contributed by atoms with E-state index < -0.39 is 0 Å². The van der Waals surface area contributed by atoms with Gasteiger partial charge in [-0.3, -0.25) is 4.68 Å². The molecule has 0 saturated carbocycles. The van der Waals surface area contributed by atoms with Gasteiger partial charge in [0, 0.05) is 17.8 Å². The first-order valence-corrected chi connectivity index (χ1v) is 4.85. The lowest BCUT2D eigenvalue weighted by molar-refractivity contribution is 0.581. The maximum Gasteiger partial charge on any atom is 0.165 e. The third kappa shape index (κ3) is 1.23. The lowest BCUT2D eigenvalue weighted by Gasteiger charge is -2.12. The number of aromatic nitrogens is 2. The Morgan fingerprint density at radius 2 is 2.23 bits per heavy atom. The fourth-order valence-electron chi connectivity index (χ4n) is 2.02. The second-order valence-electron chi connectivity index (χ2n) is 3.41. The van der Waals surface area contributed by atoms with Crippen molar-refractivity contribution in [3.05, 3.63) is 17.0 Å². The summed E-state index contributed by atoms with van der Waals surface area (Å²) in [7, 11) is 0. The number of rotatable bonds is 1. The van der Waals surface area contributed by atoms with Crippen molar-refractivity contribution in [3.8, 4) is 6.07 Å². The molecule has 0 aliphatic heterocycles. The van der Waals surface area contributed by atoms with Crippen LogP contribution >= 0.6 is 0 Å². The van der Waals surface area contributed by atoms with E-state index in [1.54, 1.807) is 0 Å². The van der Waals surface area contributed by atoms with Gasteiger partial charge in [-0.2, -0.15) is 10.4 Å². The number of hydrogen-bond acceptors (Lipinski definition) is 2. The minimum absolute atomic E-state index is 0.650. The van der Waals surface area contributed by atoms with E-state index in [9.17, 15) is 0 Å². The zero-order chi connectivity index (χ0) is 9.26. The molecular formula is C10H13N3. The number of nitriles is 1. The van der Waals surface area contributed by atoms with E-state index in [-0.39, 0.29) is 0 Å². The van der Waals surface area contributed by atoms with Crippen molar-refractivity contribution in [1.82, 2.24) is 9.78 Å². The van der Waals surface area contributed by atoms with Gasteiger partial charge in [0.15, 0.2) is 5.69 Å². The van der Waals surface area contributed by atoms with Gasteiger partial charge in [0.25, 0.3) is 0 Å². The molecule has 0 bridgehead atoms. The summed E-state index contributed by atoms with van der Waals surface area (Å²) >= 11 is 0. The quantitative estimate of drug-likeness (QED) is 0.651. The van der Waals surface area contributed by atoms with Crippen molar-refractivity contribution in [1.29, 1.82) is 5.26 Å². The van der Waals surface area contributed by atoms with Crippen LogP contribution in [0.4, 0.5) is 0 Å². The van der Waals surface area contributed by atoms with Gasteiger partial charge in [-0.15, -0.1) is 0 Å². The number of fused-ring (bicyclic) bond motifs is 1. The topological polar surface area (TPSA) is 41.6 Å². The van der Waals surface area contributed by atoms with E-state index in [2.05, 4.69) is 18.1 Å². The zero-order valence-corrected chi connectivity index (χ0v) is 7.88. The first-order chi connectivity index (χ1) is 6.36. The normalized spacial score (nSPS) is 15.1. The predicted molar refractivity (Wildman–Crippen MR) is 49.3 cm³/mol. The molecule has 2 rings (SSSR count). The molecule has 1 aromatic heterocycles. The van der Waals surface area contributed by atoms with Crippen molar-refractivity contribution in [3.63, 3.8) is 0 Å². The smallest absolute Gasteiger partial charge is 0.165 e. The molecule has 1 heterocycles. The largest absolute Gasteiger partial charge is 0.268 e. The van der Waals surface area contributed by atoms with Gasteiger partial charge in [0.1, 0.15) is 6.07 Å². The molecule has 0 fully saturated rings. The minimum atomic E-state index is 0.650. The van der Waals surface area contributed by atoms with Gasteiger partial charge < -0.3 is 0 Å². The Kier molecular flexibility index (Phi) is 2.05. The molecule has 3 heteroatoms. The molecule has 68 valence electrons. The molecule has 0 amide bonds. The second-order valence-corrected chi connectivity index (χ2v) is 3.41. The Balaban J connectivity index is 2.52. The van der Waals surface area contributed by atoms with Crippen LogP contribution in [0.1, 0.15) is 36.7 Å². The Hall–Kier alpha value is -1.30. The van der Waals surface area contributed by atoms with Crippen LogP contribution in [0, 0.1) is 11.3 Å². The Labute approximate surface area is 78.0 Å². The number of hydrogen-bond donors (Lipinski definition) is 0. The van der Waals surface area contributed by atoms with Crippen molar-refractivity contribution < 1.29 is 0 Å². The van der Waals surface area contributed by atoms with Gasteiger partial charge in [0.2, 0.25) is 0 Å². The van der Waals surface area contributed by atoms with Crippen LogP contribution < -0.4 is 0 Å². The summed E-state index contributed by atoms with van der Waals surface area (Å²) in [4.78, 5) is 0. The van der Waals surface area contributed by atoms with Crippen molar-refractivity contribution in [2.75, 3.05) is 0 Å². The average Bonchev–Trinajstić information content (AvgIpc) is 2.56. The van der Waals surface area contributed by atoms with E-state index >= 15 is 0 Å². The summed E-state index contributed by atoms with van der Waals surface area (Å²) in [5.41, 5.74) is 3.15. The first-order valence-electron chi connectivity index (χ1n) is 4.85. The van der Waals surface area contributed by atoms with Gasteiger partial charge in [0.05, 0.1) is 0 Å². The lowest BCUT2D eigenvalue weighted by Crippen LogP contribution is -2.07. The minimum Gasteiger partial charge on any atom is -0.268 e. The molecule has 0 N–H and O–H groups in total. The first kappa shape index (κ1) is 8.31. The van der Waals surface area contributed by atoms with E-state index in [4.69, 9.17) is 5.26 Å². The lowest BCUT2D eigenvalue weighted by atomic mass is 9.96. The van der Waals surface area contributed by atoms with E-state index in [1.165, 1.54) is 24.1 Å². The summed E-state index contributed by atoms with van der Waals surface area (Å²) in [5, 5.41) is 13.2. The molecule has 0 unspecified atom stereocenters. The second kappa shape index (κ2) is 3.21. The molecule has 0 radical (unpaired) electrons. The Bertz CT molecular complexity index is 357. The Morgan fingerprint density at radius 1 is 1.46 bits per heavy atom. The van der Waals surface area contributed by atoms with Crippen LogP contribution in [0.5, 0.6) is 0 Å². The highest BCUT2D eigenvalue weighted by Gasteiger charge is 2.19. The molecule has 13 heavy (non-hydrogen) atoms. The highest BCUT2D eigenvalue weighted by Crippen LogP contribution is 2.23. The summed E-state index contributed by atoms with van der Waals surface area (Å²) < 4.78 is 1.98. The van der Waals surface area contributed by atoms with Crippen LogP contribution in [0.15, 0.2) is 0 Å². The fraction of sp³-hybridized carbons (Fsp3) is 0.600. The van der Waals surface area contributed by atoms with Crippen LogP contribution in [0.3, 0.4) is 0 Å². The molecule has 0 spiro atoms. The molecule has 1 aliphatic carbocycles. The third-order valence-electron chi connectivity index (χ3n) is 2.66. The molecule has 0 atom stereocenters. The predicted octanol–water partition coefficient (Wildman–Crippen LogP) is 1.65. The van der Waals surface area contributed by atoms with Crippen LogP contribution in [0.2, 0.25) is 0 Å². The molecule has 0 aromatic carbocycles. The van der Waals surface area contributed by atoms with E-state index in [1.807, 2.05) is 4.68 Å². The molecular weight excluding hydrogens is 162 g/mol. The van der Waals surface area contributed by atoms with Crippen LogP contribution in [0.25, 0.3) is 0 Å². The van der Waals surface area contributed by atoms with Crippen LogP contribution in [-0.2, 0) is 19.4 Å². The fourth-order valence-corrected chi connectivity index (χ4v) is 2.02. The maximum absolute atomic E-state index is 8.88. The van der Waals surface area contributed by atoms with Crippen molar-refractivity contribution in [2.45, 2.75) is 39.2 Å². The maximum atomic E-state index is 8.88. The molecule has 1 aliphatic rings. The summed E-state index contributed by atoms with van der Waals surface area (Å²) in [6.45, 7) is 2.95. The van der Waals surface area contributed by atoms with Gasteiger partial charge in [-0.1, -0.05) is 0 Å². The highest BCUT2D eigenvalue weighted by molar-refractivity contribution is 5.36. The molecule has 1 aromatic rings. The Morgan fingerprint density at radius 3 is 2.92 bits per heavy atom. The number of aryl methyl sites for hydroxylation is 1. The monoisotopic (exact) mass is 175 g/mol. The van der Waals surface area contributed by atoms with Crippen LogP contribution in [-0.4, -0.2) is 9.78 Å². The zero-order valence-electron chi connectivity index (χ0n) is 7.88. The van der Waals surface area contributed by atoms with Gasteiger partial charge in [-0.25, -0.2) is 0 Å². The average molecular weight is 175 g/mol. The third-order valence-corrected chi connectivity index (χ3v) is 2.66. The highest BCUT2D eigenvalue weighted by atomic mass is 15.3. The summed E-state index contributed by atoms with van der Waals surface area (Å²) in [5.74, 6) is 0. The SMILES string of the molecule is CCn1nc(C#N)c2c1CCCC2. The van der Waals surface area contributed by atoms with E-state index in [0.29, 0.717) is 5.69 Å². The standard InChI is InChI=1S/C10H13N3/c1-2-13-10-6-4-3-5-8(10)9(7-11)12-13/h2-6H2,1H3. The van der Waals surface area contributed by atoms with Crippen molar-refractivity contribution in [2.24, 2.45) is 0 Å². The van der Waals surface area contributed by atoms with E-state index in [0.717, 1.165) is 19.4 Å². The summed E-state index contributed by atoms with van der Waals surface area (Å²) in [6, 6.07) is 2.18. The molecule has 0 saturated heterocycles. The van der Waals surface area contributed by atoms with Crippen molar-refractivity contribution >= 4 is 0 Å². The summed E-state index contributed by atoms with van der Waals surface area (Å²) in [6.07, 6.45) is 4.58. The molecule has 3 nitrogen and oxygen atoms in total. The van der Waals surface area contributed by atoms with Gasteiger partial charge in [-0.05, 0) is 32.6 Å². The number of nitrogens with zero attached hydrogens (tertiary/aromatic N) is 3. The van der Waals surface area contributed by atoms with Gasteiger partial charge >= 0.3 is 0 Å².